The number of nitrogens with two attached hydrogens (primary N) is 1. The Morgan fingerprint density at radius 2 is 1.72 bits per heavy atom. The predicted molar refractivity (Wildman–Crippen MR) is 77.5 cm³/mol. The third kappa shape index (κ3) is 4.46. The van der Waals surface area contributed by atoms with Crippen molar-refractivity contribution in [1.29, 1.82) is 0 Å². The number of rotatable bonds is 5. The molecule has 5 nitrogen and oxygen atoms in total. The largest absolute Gasteiger partial charge is 0.392 e. The van der Waals surface area contributed by atoms with Gasteiger partial charge in [-0.1, -0.05) is 38.9 Å². The van der Waals surface area contributed by atoms with E-state index < -0.39 is 16.3 Å². The summed E-state index contributed by atoms with van der Waals surface area (Å²) >= 11 is 4.92. The van der Waals surface area contributed by atoms with E-state index >= 15 is 0 Å². The lowest BCUT2D eigenvalue weighted by Gasteiger charge is -2.26. The topological polar surface area (TPSA) is 75.4 Å². The first-order valence-corrected chi connectivity index (χ1v) is 8.26. The fourth-order valence-electron chi connectivity index (χ4n) is 2.04. The zero-order valence-corrected chi connectivity index (χ0v) is 12.7. The number of thiocarbonyl (C=S) groups is 1. The van der Waals surface area contributed by atoms with Crippen LogP contribution in [-0.2, 0) is 10.2 Å². The van der Waals surface area contributed by atoms with Crippen molar-refractivity contribution in [3.05, 3.63) is 0 Å². The normalized spacial score (nSPS) is 20.6. The Kier molecular flexibility index (Phi) is 5.97. The van der Waals surface area contributed by atoms with Crippen LogP contribution in [0.2, 0.25) is 0 Å². The van der Waals surface area contributed by atoms with Crippen LogP contribution in [0.5, 0.6) is 0 Å². The van der Waals surface area contributed by atoms with Crippen LogP contribution in [0.3, 0.4) is 0 Å². The first kappa shape index (κ1) is 15.8. The maximum Gasteiger partial charge on any atom is 0.280 e. The molecule has 1 rings (SSSR count). The zero-order valence-electron chi connectivity index (χ0n) is 11.1. The highest BCUT2D eigenvalue weighted by molar-refractivity contribution is 7.87. The number of hydrogen-bond acceptors (Lipinski definition) is 3. The van der Waals surface area contributed by atoms with Crippen LogP contribution in [0.4, 0.5) is 0 Å². The Hall–Kier alpha value is -0.240. The van der Waals surface area contributed by atoms with Crippen LogP contribution in [0.15, 0.2) is 0 Å². The summed E-state index contributed by atoms with van der Waals surface area (Å²) in [5.41, 5.74) is 5.59. The van der Waals surface area contributed by atoms with Crippen molar-refractivity contribution in [2.24, 2.45) is 11.7 Å². The minimum Gasteiger partial charge on any atom is -0.392 e. The fourth-order valence-corrected chi connectivity index (χ4v) is 4.05. The van der Waals surface area contributed by atoms with Gasteiger partial charge in [0.25, 0.3) is 10.2 Å². The molecule has 0 bridgehead atoms. The summed E-state index contributed by atoms with van der Waals surface area (Å²) in [6, 6.07) is -0.478. The molecule has 1 saturated heterocycles. The van der Waals surface area contributed by atoms with Gasteiger partial charge in [0.05, 0.1) is 11.0 Å². The zero-order chi connectivity index (χ0) is 13.8. The maximum absolute atomic E-state index is 12.3. The van der Waals surface area contributed by atoms with Crippen molar-refractivity contribution in [3.8, 4) is 0 Å². The van der Waals surface area contributed by atoms with Crippen LogP contribution in [0.25, 0.3) is 0 Å². The highest BCUT2D eigenvalue weighted by atomic mass is 32.2. The number of nitrogens with zero attached hydrogens (tertiary/aromatic N) is 1. The number of hydrogen-bond donors (Lipinski definition) is 2. The average molecular weight is 293 g/mol. The second-order valence-corrected chi connectivity index (χ2v) is 7.23. The molecule has 0 spiro atoms. The van der Waals surface area contributed by atoms with E-state index in [1.54, 1.807) is 0 Å². The van der Waals surface area contributed by atoms with E-state index in [4.69, 9.17) is 18.0 Å². The van der Waals surface area contributed by atoms with Crippen molar-refractivity contribution < 1.29 is 8.42 Å². The molecule has 7 heteroatoms. The number of nitrogens with one attached hydrogen (secondary N) is 1. The van der Waals surface area contributed by atoms with Gasteiger partial charge in [-0.2, -0.15) is 17.4 Å². The summed E-state index contributed by atoms with van der Waals surface area (Å²) in [5, 5.41) is 0. The van der Waals surface area contributed by atoms with Crippen LogP contribution in [-0.4, -0.2) is 36.8 Å². The lowest BCUT2D eigenvalue weighted by molar-refractivity contribution is 0.405. The lowest BCUT2D eigenvalue weighted by Crippen LogP contribution is -2.52. The summed E-state index contributed by atoms with van der Waals surface area (Å²) in [5.74, 6) is 0.0456. The van der Waals surface area contributed by atoms with Crippen LogP contribution >= 0.6 is 12.2 Å². The molecule has 0 radical (unpaired) electrons. The van der Waals surface area contributed by atoms with Crippen LogP contribution in [0.1, 0.15) is 39.5 Å². The molecule has 106 valence electrons. The standard InChI is InChI=1S/C11H23N3O2S2/c1-9(2)10(11(12)17)13-18(15,16)14-7-5-3-4-6-8-14/h9-10,13H,3-8H2,1-2H3,(H2,12,17). The predicted octanol–water partition coefficient (Wildman–Crippen LogP) is 1.01. The highest BCUT2D eigenvalue weighted by Crippen LogP contribution is 2.14. The Balaban J connectivity index is 2.75. The minimum absolute atomic E-state index is 0.0456. The van der Waals surface area contributed by atoms with Gasteiger partial charge < -0.3 is 5.73 Å². The molecular weight excluding hydrogens is 270 g/mol. The van der Waals surface area contributed by atoms with E-state index in [0.29, 0.717) is 13.1 Å². The van der Waals surface area contributed by atoms with E-state index in [-0.39, 0.29) is 10.9 Å². The molecule has 1 atom stereocenters. The van der Waals surface area contributed by atoms with Crippen molar-refractivity contribution >= 4 is 27.4 Å². The molecule has 1 fully saturated rings. The quantitative estimate of drug-likeness (QED) is 0.742. The van der Waals surface area contributed by atoms with Gasteiger partial charge >= 0.3 is 0 Å². The monoisotopic (exact) mass is 293 g/mol. The third-order valence-electron chi connectivity index (χ3n) is 3.15. The van der Waals surface area contributed by atoms with Gasteiger partial charge in [0.15, 0.2) is 0 Å². The molecule has 0 amide bonds. The Morgan fingerprint density at radius 3 is 2.11 bits per heavy atom. The smallest absolute Gasteiger partial charge is 0.280 e. The molecule has 18 heavy (non-hydrogen) atoms. The molecule has 0 aromatic heterocycles. The molecule has 1 heterocycles. The first-order valence-electron chi connectivity index (χ1n) is 6.41. The van der Waals surface area contributed by atoms with Crippen LogP contribution in [0, 0.1) is 5.92 Å². The molecule has 0 aromatic carbocycles. The third-order valence-corrected chi connectivity index (χ3v) is 5.00. The van der Waals surface area contributed by atoms with Gasteiger partial charge in [-0.05, 0) is 18.8 Å². The SMILES string of the molecule is CC(C)C(NS(=O)(=O)N1CCCCCC1)C(N)=S. The van der Waals surface area contributed by atoms with Crippen molar-refractivity contribution in [2.45, 2.75) is 45.6 Å². The van der Waals surface area contributed by atoms with Gasteiger partial charge in [-0.3, -0.25) is 0 Å². The Bertz CT molecular complexity index is 374. The van der Waals surface area contributed by atoms with Crippen molar-refractivity contribution in [1.82, 2.24) is 9.03 Å². The first-order chi connectivity index (χ1) is 8.34. The fraction of sp³-hybridized carbons (Fsp3) is 0.909. The van der Waals surface area contributed by atoms with E-state index in [0.717, 1.165) is 25.7 Å². The molecule has 0 aromatic rings. The van der Waals surface area contributed by atoms with Gasteiger partial charge in [-0.15, -0.1) is 0 Å². The lowest BCUT2D eigenvalue weighted by atomic mass is 10.1. The van der Waals surface area contributed by atoms with Crippen molar-refractivity contribution in [2.75, 3.05) is 13.1 Å². The molecule has 1 unspecified atom stereocenters. The van der Waals surface area contributed by atoms with Gasteiger partial charge in [0.2, 0.25) is 0 Å². The maximum atomic E-state index is 12.3. The summed E-state index contributed by atoms with van der Waals surface area (Å²) in [6.45, 7) is 4.96. The molecule has 1 aliphatic heterocycles. The molecule has 1 aliphatic rings. The van der Waals surface area contributed by atoms with E-state index in [9.17, 15) is 8.42 Å². The molecule has 3 N–H and O–H groups in total. The molecule has 0 aliphatic carbocycles. The van der Waals surface area contributed by atoms with Crippen LogP contribution < -0.4 is 10.5 Å². The summed E-state index contributed by atoms with van der Waals surface area (Å²) in [7, 11) is -3.48. The van der Waals surface area contributed by atoms with E-state index in [1.807, 2.05) is 13.8 Å². The minimum atomic E-state index is -3.48. The summed E-state index contributed by atoms with van der Waals surface area (Å²) in [4.78, 5) is 0.198. The van der Waals surface area contributed by atoms with E-state index in [2.05, 4.69) is 4.72 Å². The van der Waals surface area contributed by atoms with Gasteiger partial charge in [0.1, 0.15) is 0 Å². The van der Waals surface area contributed by atoms with Gasteiger partial charge in [-0.25, -0.2) is 0 Å². The van der Waals surface area contributed by atoms with Gasteiger partial charge in [0, 0.05) is 13.1 Å². The second-order valence-electron chi connectivity index (χ2n) is 5.06. The molecule has 0 saturated carbocycles. The second kappa shape index (κ2) is 6.79. The molecular formula is C11H23N3O2S2. The summed E-state index contributed by atoms with van der Waals surface area (Å²) in [6.07, 6.45) is 4.02. The highest BCUT2D eigenvalue weighted by Gasteiger charge is 2.28. The summed E-state index contributed by atoms with van der Waals surface area (Å²) < 4.78 is 28.6. The Labute approximate surface area is 115 Å². The van der Waals surface area contributed by atoms with Crippen molar-refractivity contribution in [3.63, 3.8) is 0 Å². The van der Waals surface area contributed by atoms with E-state index in [1.165, 1.54) is 4.31 Å². The average Bonchev–Trinajstić information content (AvgIpc) is 2.54. The Morgan fingerprint density at radius 1 is 1.22 bits per heavy atom.